The molecule has 0 bridgehead atoms. The van der Waals surface area contributed by atoms with Crippen LogP contribution < -0.4 is 10.6 Å². The number of benzene rings is 1. The maximum atomic E-state index is 11.5. The van der Waals surface area contributed by atoms with Crippen LogP contribution in [0.1, 0.15) is 5.69 Å². The molecule has 0 saturated heterocycles. The van der Waals surface area contributed by atoms with Gasteiger partial charge in [0.05, 0.1) is 18.2 Å². The van der Waals surface area contributed by atoms with E-state index in [4.69, 9.17) is 16.3 Å². The number of H-pyrrole nitrogens is 1. The number of aromatic amines is 1. The Labute approximate surface area is 122 Å². The molecular formula is C14H18ClN3O2. The molecule has 0 aliphatic heterocycles. The van der Waals surface area contributed by atoms with E-state index >= 15 is 0 Å². The number of aromatic nitrogens is 1. The van der Waals surface area contributed by atoms with Gasteiger partial charge in [-0.25, -0.2) is 0 Å². The van der Waals surface area contributed by atoms with Crippen LogP contribution >= 0.6 is 11.6 Å². The van der Waals surface area contributed by atoms with Crippen LogP contribution in [0.2, 0.25) is 5.02 Å². The number of ether oxygens (including phenoxy) is 1. The number of methoxy groups -OCH3 is 1. The molecule has 5 nitrogen and oxygen atoms in total. The fourth-order valence-corrected chi connectivity index (χ4v) is 2.22. The van der Waals surface area contributed by atoms with Crippen LogP contribution in [-0.4, -0.2) is 37.7 Å². The zero-order chi connectivity index (χ0) is 14.4. The molecule has 6 heteroatoms. The molecule has 0 radical (unpaired) electrons. The summed E-state index contributed by atoms with van der Waals surface area (Å²) in [7, 11) is 1.60. The largest absolute Gasteiger partial charge is 0.383 e. The number of rotatable bonds is 7. The van der Waals surface area contributed by atoms with Crippen molar-refractivity contribution in [1.29, 1.82) is 0 Å². The number of carbonyl (C=O) groups excluding carboxylic acids is 1. The average molecular weight is 296 g/mol. The molecule has 1 heterocycles. The van der Waals surface area contributed by atoms with Crippen LogP contribution in [0.25, 0.3) is 10.9 Å². The first-order valence-corrected chi connectivity index (χ1v) is 6.81. The molecule has 1 aromatic carbocycles. The minimum Gasteiger partial charge on any atom is -0.383 e. The summed E-state index contributed by atoms with van der Waals surface area (Å²) in [4.78, 5) is 14.7. The van der Waals surface area contributed by atoms with Crippen molar-refractivity contribution in [2.24, 2.45) is 0 Å². The number of hydrogen-bond acceptors (Lipinski definition) is 3. The minimum absolute atomic E-state index is 0.0608. The highest BCUT2D eigenvalue weighted by molar-refractivity contribution is 6.36. The zero-order valence-electron chi connectivity index (χ0n) is 11.3. The van der Waals surface area contributed by atoms with Crippen molar-refractivity contribution in [1.82, 2.24) is 15.6 Å². The molecule has 0 saturated carbocycles. The number of nitrogens with one attached hydrogen (secondary N) is 3. The van der Waals surface area contributed by atoms with E-state index in [1.165, 1.54) is 0 Å². The van der Waals surface area contributed by atoms with Crippen molar-refractivity contribution in [3.05, 3.63) is 35.0 Å². The Bertz CT molecular complexity index is 583. The van der Waals surface area contributed by atoms with E-state index in [0.29, 0.717) is 24.7 Å². The molecular weight excluding hydrogens is 278 g/mol. The monoisotopic (exact) mass is 295 g/mol. The first kappa shape index (κ1) is 14.8. The molecule has 0 atom stereocenters. The normalized spacial score (nSPS) is 10.9. The minimum atomic E-state index is -0.0608. The highest BCUT2D eigenvalue weighted by Crippen LogP contribution is 2.26. The summed E-state index contributed by atoms with van der Waals surface area (Å²) in [6.07, 6.45) is 0. The van der Waals surface area contributed by atoms with Crippen molar-refractivity contribution in [2.45, 2.75) is 6.54 Å². The van der Waals surface area contributed by atoms with Crippen molar-refractivity contribution in [3.8, 4) is 0 Å². The van der Waals surface area contributed by atoms with Gasteiger partial charge >= 0.3 is 0 Å². The van der Waals surface area contributed by atoms with Gasteiger partial charge in [-0.2, -0.15) is 0 Å². The molecule has 1 amide bonds. The highest BCUT2D eigenvalue weighted by atomic mass is 35.5. The lowest BCUT2D eigenvalue weighted by Gasteiger charge is -2.05. The molecule has 0 unspecified atom stereocenters. The average Bonchev–Trinajstić information content (AvgIpc) is 2.77. The van der Waals surface area contributed by atoms with Gasteiger partial charge in [0.15, 0.2) is 0 Å². The lowest BCUT2D eigenvalue weighted by Crippen LogP contribution is -2.35. The Morgan fingerprint density at radius 1 is 1.40 bits per heavy atom. The van der Waals surface area contributed by atoms with Crippen molar-refractivity contribution in [3.63, 3.8) is 0 Å². The molecule has 0 aliphatic carbocycles. The standard InChI is InChI=1S/C14H18ClN3O2/c1-20-7-6-17-13(19)9-16-8-12-14(15)10-4-2-3-5-11(10)18-12/h2-5,16,18H,6-9H2,1H3,(H,17,19). The van der Waals surface area contributed by atoms with Gasteiger partial charge in [0.2, 0.25) is 5.91 Å². The number of halogens is 1. The fourth-order valence-electron chi connectivity index (χ4n) is 1.94. The summed E-state index contributed by atoms with van der Waals surface area (Å²) < 4.78 is 4.86. The second kappa shape index (κ2) is 7.28. The molecule has 2 rings (SSSR count). The second-order valence-corrected chi connectivity index (χ2v) is 4.79. The molecule has 0 aliphatic rings. The number of amides is 1. The Hall–Kier alpha value is -1.56. The highest BCUT2D eigenvalue weighted by Gasteiger charge is 2.08. The van der Waals surface area contributed by atoms with Gasteiger partial charge in [-0.3, -0.25) is 4.79 Å². The Balaban J connectivity index is 1.84. The van der Waals surface area contributed by atoms with Crippen molar-refractivity contribution in [2.75, 3.05) is 26.8 Å². The first-order valence-electron chi connectivity index (χ1n) is 6.44. The number of fused-ring (bicyclic) bond motifs is 1. The van der Waals surface area contributed by atoms with E-state index in [9.17, 15) is 4.79 Å². The van der Waals surface area contributed by atoms with Gasteiger partial charge in [0, 0.05) is 36.8 Å². The third-order valence-electron chi connectivity index (χ3n) is 2.93. The van der Waals surface area contributed by atoms with Crippen LogP contribution in [0.15, 0.2) is 24.3 Å². The maximum absolute atomic E-state index is 11.5. The Morgan fingerprint density at radius 2 is 2.20 bits per heavy atom. The lowest BCUT2D eigenvalue weighted by atomic mass is 10.2. The molecule has 2 aromatic rings. The molecule has 1 aromatic heterocycles. The number of para-hydroxylation sites is 1. The summed E-state index contributed by atoms with van der Waals surface area (Å²) in [6, 6.07) is 7.84. The van der Waals surface area contributed by atoms with Gasteiger partial charge in [-0.1, -0.05) is 29.8 Å². The smallest absolute Gasteiger partial charge is 0.234 e. The van der Waals surface area contributed by atoms with Gasteiger partial charge in [-0.05, 0) is 6.07 Å². The van der Waals surface area contributed by atoms with E-state index < -0.39 is 0 Å². The number of carbonyl (C=O) groups is 1. The summed E-state index contributed by atoms with van der Waals surface area (Å²) in [5, 5.41) is 7.50. The van der Waals surface area contributed by atoms with Crippen LogP contribution in [0.3, 0.4) is 0 Å². The van der Waals surface area contributed by atoms with Gasteiger partial charge in [0.25, 0.3) is 0 Å². The first-order chi connectivity index (χ1) is 9.72. The summed E-state index contributed by atoms with van der Waals surface area (Å²) >= 11 is 6.29. The fraction of sp³-hybridized carbons (Fsp3) is 0.357. The summed E-state index contributed by atoms with van der Waals surface area (Å²) in [5.41, 5.74) is 1.89. The van der Waals surface area contributed by atoms with Crippen LogP contribution in [0, 0.1) is 0 Å². The topological polar surface area (TPSA) is 66.2 Å². The maximum Gasteiger partial charge on any atom is 0.234 e. The zero-order valence-corrected chi connectivity index (χ0v) is 12.1. The predicted molar refractivity (Wildman–Crippen MR) is 79.9 cm³/mol. The summed E-state index contributed by atoms with van der Waals surface area (Å²) in [6.45, 7) is 1.80. The van der Waals surface area contributed by atoms with E-state index in [1.54, 1.807) is 7.11 Å². The molecule has 0 spiro atoms. The number of hydrogen-bond donors (Lipinski definition) is 3. The predicted octanol–water partition coefficient (Wildman–Crippen LogP) is 1.67. The summed E-state index contributed by atoms with van der Waals surface area (Å²) in [5.74, 6) is -0.0608. The molecule has 20 heavy (non-hydrogen) atoms. The van der Waals surface area contributed by atoms with Crippen LogP contribution in [-0.2, 0) is 16.1 Å². The molecule has 108 valence electrons. The van der Waals surface area contributed by atoms with Crippen LogP contribution in [0.4, 0.5) is 0 Å². The molecule has 0 fully saturated rings. The van der Waals surface area contributed by atoms with Gasteiger partial charge in [0.1, 0.15) is 0 Å². The van der Waals surface area contributed by atoms with Gasteiger partial charge in [-0.15, -0.1) is 0 Å². The lowest BCUT2D eigenvalue weighted by molar-refractivity contribution is -0.120. The Morgan fingerprint density at radius 3 is 2.95 bits per heavy atom. The third-order valence-corrected chi connectivity index (χ3v) is 3.36. The van der Waals surface area contributed by atoms with E-state index in [0.717, 1.165) is 16.6 Å². The quantitative estimate of drug-likeness (QED) is 0.681. The SMILES string of the molecule is COCCNC(=O)CNCc1[nH]c2ccccc2c1Cl. The van der Waals surface area contributed by atoms with E-state index in [2.05, 4.69) is 15.6 Å². The van der Waals surface area contributed by atoms with Crippen molar-refractivity contribution >= 4 is 28.4 Å². The van der Waals surface area contributed by atoms with Crippen molar-refractivity contribution < 1.29 is 9.53 Å². The van der Waals surface area contributed by atoms with E-state index in [-0.39, 0.29) is 12.5 Å². The molecule has 3 N–H and O–H groups in total. The third kappa shape index (κ3) is 3.72. The van der Waals surface area contributed by atoms with E-state index in [1.807, 2.05) is 24.3 Å². The Kier molecular flexibility index (Phi) is 5.40. The van der Waals surface area contributed by atoms with Crippen LogP contribution in [0.5, 0.6) is 0 Å². The second-order valence-electron chi connectivity index (χ2n) is 4.41. The van der Waals surface area contributed by atoms with Gasteiger partial charge < -0.3 is 20.4 Å².